The summed E-state index contributed by atoms with van der Waals surface area (Å²) >= 11 is 0. The first-order valence-corrected chi connectivity index (χ1v) is 7.35. The molecule has 0 saturated heterocycles. The largest absolute Gasteiger partial charge is 0.290 e. The van der Waals surface area contributed by atoms with E-state index in [-0.39, 0.29) is 11.6 Å². The standard InChI is InChI=1S/C17H20O2/c1-11-13-7-3-2-6-12(13)10-16(18)17(19)15-9-5-4-8-14(11)15/h4-5,8-9,11-13H,2-3,6-7,10H2,1H3. The van der Waals surface area contributed by atoms with Crippen LogP contribution in [0.3, 0.4) is 0 Å². The van der Waals surface area contributed by atoms with Gasteiger partial charge in [-0.25, -0.2) is 0 Å². The number of hydrogen-bond donors (Lipinski definition) is 0. The molecule has 19 heavy (non-hydrogen) atoms. The summed E-state index contributed by atoms with van der Waals surface area (Å²) in [5.41, 5.74) is 1.72. The van der Waals surface area contributed by atoms with Gasteiger partial charge in [0.05, 0.1) is 0 Å². The third-order valence-corrected chi connectivity index (χ3v) is 5.01. The second-order valence-electron chi connectivity index (χ2n) is 6.04. The summed E-state index contributed by atoms with van der Waals surface area (Å²) in [5, 5.41) is 0. The van der Waals surface area contributed by atoms with Crippen molar-refractivity contribution < 1.29 is 9.59 Å². The van der Waals surface area contributed by atoms with Crippen LogP contribution in [-0.2, 0) is 4.79 Å². The summed E-state index contributed by atoms with van der Waals surface area (Å²) in [7, 11) is 0. The number of Topliss-reactive ketones (excluding diaryl/α,β-unsaturated/α-hetero) is 2. The van der Waals surface area contributed by atoms with Gasteiger partial charge in [0.15, 0.2) is 0 Å². The van der Waals surface area contributed by atoms with Crippen LogP contribution >= 0.6 is 0 Å². The number of hydrogen-bond acceptors (Lipinski definition) is 2. The quantitative estimate of drug-likeness (QED) is 0.662. The highest BCUT2D eigenvalue weighted by atomic mass is 16.2. The molecule has 2 nitrogen and oxygen atoms in total. The van der Waals surface area contributed by atoms with Crippen LogP contribution in [0.4, 0.5) is 0 Å². The Balaban J connectivity index is 2.08. The van der Waals surface area contributed by atoms with Crippen molar-refractivity contribution in [3.63, 3.8) is 0 Å². The van der Waals surface area contributed by atoms with Gasteiger partial charge in [0.1, 0.15) is 0 Å². The van der Waals surface area contributed by atoms with Crippen LogP contribution in [0.2, 0.25) is 0 Å². The van der Waals surface area contributed by atoms with Crippen molar-refractivity contribution in [1.82, 2.24) is 0 Å². The molecule has 0 aromatic heterocycles. The number of benzene rings is 1. The molecular weight excluding hydrogens is 236 g/mol. The van der Waals surface area contributed by atoms with Crippen LogP contribution < -0.4 is 0 Å². The van der Waals surface area contributed by atoms with E-state index in [1.54, 1.807) is 0 Å². The molecule has 0 radical (unpaired) electrons. The number of rotatable bonds is 0. The molecule has 0 heterocycles. The molecule has 0 N–H and O–H groups in total. The van der Waals surface area contributed by atoms with Crippen LogP contribution in [0.5, 0.6) is 0 Å². The number of fused-ring (bicyclic) bond motifs is 2. The molecule has 0 spiro atoms. The minimum absolute atomic E-state index is 0.184. The van der Waals surface area contributed by atoms with Gasteiger partial charge in [-0.1, -0.05) is 44.0 Å². The van der Waals surface area contributed by atoms with E-state index in [1.165, 1.54) is 19.3 Å². The highest BCUT2D eigenvalue weighted by molar-refractivity contribution is 6.44. The fraction of sp³-hybridized carbons (Fsp3) is 0.529. The summed E-state index contributed by atoms with van der Waals surface area (Å²) in [6.45, 7) is 2.23. The molecule has 2 aliphatic carbocycles. The van der Waals surface area contributed by atoms with Crippen molar-refractivity contribution in [1.29, 1.82) is 0 Å². The summed E-state index contributed by atoms with van der Waals surface area (Å²) in [5.74, 6) is 0.904. The van der Waals surface area contributed by atoms with Crippen molar-refractivity contribution in [3.05, 3.63) is 35.4 Å². The highest BCUT2D eigenvalue weighted by Gasteiger charge is 2.37. The third kappa shape index (κ3) is 2.13. The van der Waals surface area contributed by atoms with Crippen molar-refractivity contribution in [2.24, 2.45) is 11.8 Å². The van der Waals surface area contributed by atoms with Gasteiger partial charge in [0.2, 0.25) is 11.6 Å². The van der Waals surface area contributed by atoms with E-state index in [0.29, 0.717) is 29.7 Å². The van der Waals surface area contributed by atoms with Crippen LogP contribution in [0.1, 0.15) is 60.9 Å². The molecule has 3 rings (SSSR count). The van der Waals surface area contributed by atoms with Gasteiger partial charge in [0, 0.05) is 12.0 Å². The lowest BCUT2D eigenvalue weighted by atomic mass is 9.66. The first-order valence-electron chi connectivity index (χ1n) is 7.35. The maximum absolute atomic E-state index is 12.3. The molecule has 3 unspecified atom stereocenters. The zero-order valence-corrected chi connectivity index (χ0v) is 11.4. The molecule has 0 aliphatic heterocycles. The van der Waals surface area contributed by atoms with E-state index < -0.39 is 0 Å². The first-order chi connectivity index (χ1) is 9.18. The zero-order valence-electron chi connectivity index (χ0n) is 11.4. The van der Waals surface area contributed by atoms with E-state index in [9.17, 15) is 9.59 Å². The molecule has 1 saturated carbocycles. The maximum Gasteiger partial charge on any atom is 0.228 e. The van der Waals surface area contributed by atoms with Crippen LogP contribution in [0.25, 0.3) is 0 Å². The highest BCUT2D eigenvalue weighted by Crippen LogP contribution is 2.43. The van der Waals surface area contributed by atoms with Gasteiger partial charge in [-0.2, -0.15) is 0 Å². The molecule has 1 aromatic carbocycles. The Labute approximate surface area is 114 Å². The molecule has 3 atom stereocenters. The second kappa shape index (κ2) is 4.92. The Morgan fingerprint density at radius 1 is 1.05 bits per heavy atom. The van der Waals surface area contributed by atoms with Crippen molar-refractivity contribution in [2.75, 3.05) is 0 Å². The molecular formula is C17H20O2. The predicted octanol–water partition coefficient (Wildman–Crippen LogP) is 3.75. The van der Waals surface area contributed by atoms with E-state index in [0.717, 1.165) is 12.0 Å². The lowest BCUT2D eigenvalue weighted by molar-refractivity contribution is -0.116. The molecule has 0 amide bonds. The average molecular weight is 256 g/mol. The molecule has 100 valence electrons. The van der Waals surface area contributed by atoms with Crippen molar-refractivity contribution >= 4 is 11.6 Å². The van der Waals surface area contributed by atoms with E-state index in [2.05, 4.69) is 6.92 Å². The smallest absolute Gasteiger partial charge is 0.228 e. The van der Waals surface area contributed by atoms with Crippen molar-refractivity contribution in [2.45, 2.75) is 44.9 Å². The van der Waals surface area contributed by atoms with Crippen LogP contribution in [0.15, 0.2) is 24.3 Å². The normalized spacial score (nSPS) is 31.1. The van der Waals surface area contributed by atoms with Gasteiger partial charge in [-0.3, -0.25) is 9.59 Å². The average Bonchev–Trinajstić information content (AvgIpc) is 2.45. The Kier molecular flexibility index (Phi) is 3.26. The minimum Gasteiger partial charge on any atom is -0.290 e. The SMILES string of the molecule is CC1c2ccccc2C(=O)C(=O)CC2CCCCC21. The first kappa shape index (κ1) is 12.6. The molecule has 0 bridgehead atoms. The summed E-state index contributed by atoms with van der Waals surface area (Å²) in [6, 6.07) is 7.68. The Morgan fingerprint density at radius 3 is 2.63 bits per heavy atom. The Hall–Kier alpha value is -1.44. The van der Waals surface area contributed by atoms with E-state index >= 15 is 0 Å². The lowest BCUT2D eigenvalue weighted by Gasteiger charge is -2.37. The fourth-order valence-electron chi connectivity index (χ4n) is 3.96. The Morgan fingerprint density at radius 2 is 1.79 bits per heavy atom. The third-order valence-electron chi connectivity index (χ3n) is 5.01. The summed E-state index contributed by atoms with van der Waals surface area (Å²) in [4.78, 5) is 24.4. The maximum atomic E-state index is 12.3. The van der Waals surface area contributed by atoms with Gasteiger partial charge in [-0.15, -0.1) is 0 Å². The monoisotopic (exact) mass is 256 g/mol. The molecule has 1 fully saturated rings. The second-order valence-corrected chi connectivity index (χ2v) is 6.04. The van der Waals surface area contributed by atoms with Gasteiger partial charge >= 0.3 is 0 Å². The van der Waals surface area contributed by atoms with Gasteiger partial charge < -0.3 is 0 Å². The molecule has 1 aromatic rings. The van der Waals surface area contributed by atoms with Crippen LogP contribution in [0, 0.1) is 11.8 Å². The summed E-state index contributed by atoms with van der Waals surface area (Å²) in [6.07, 6.45) is 5.23. The Bertz CT molecular complexity index is 518. The summed E-state index contributed by atoms with van der Waals surface area (Å²) < 4.78 is 0. The minimum atomic E-state index is -0.272. The predicted molar refractivity (Wildman–Crippen MR) is 74.3 cm³/mol. The fourth-order valence-corrected chi connectivity index (χ4v) is 3.96. The van der Waals surface area contributed by atoms with Gasteiger partial charge in [-0.05, 0) is 36.2 Å². The zero-order chi connectivity index (χ0) is 13.4. The van der Waals surface area contributed by atoms with Crippen LogP contribution in [-0.4, -0.2) is 11.6 Å². The number of carbonyl (C=O) groups is 2. The van der Waals surface area contributed by atoms with Crippen molar-refractivity contribution in [3.8, 4) is 0 Å². The number of carbonyl (C=O) groups excluding carboxylic acids is 2. The lowest BCUT2D eigenvalue weighted by Crippen LogP contribution is -2.32. The van der Waals surface area contributed by atoms with Gasteiger partial charge in [0.25, 0.3) is 0 Å². The molecule has 2 aliphatic rings. The number of ketones is 2. The molecule has 2 heteroatoms. The van der Waals surface area contributed by atoms with E-state index in [4.69, 9.17) is 0 Å². The topological polar surface area (TPSA) is 34.1 Å². The van der Waals surface area contributed by atoms with E-state index in [1.807, 2.05) is 24.3 Å².